The molecule has 5 nitrogen and oxygen atoms in total. The fourth-order valence-corrected chi connectivity index (χ4v) is 3.53. The van der Waals surface area contributed by atoms with Crippen LogP contribution in [0.1, 0.15) is 16.1 Å². The number of thiazole rings is 1. The second-order valence-corrected chi connectivity index (χ2v) is 8.12. The van der Waals surface area contributed by atoms with Gasteiger partial charge < -0.3 is 0 Å². The van der Waals surface area contributed by atoms with Crippen molar-refractivity contribution in [3.8, 4) is 0 Å². The summed E-state index contributed by atoms with van der Waals surface area (Å²) in [5.74, 6) is 0. The van der Waals surface area contributed by atoms with Gasteiger partial charge in [0.05, 0.1) is 5.69 Å². The second kappa shape index (κ2) is 6.31. The van der Waals surface area contributed by atoms with Crippen LogP contribution < -0.4 is 4.72 Å². The molecular formula is C13H16ClN3O2S2. The van der Waals surface area contributed by atoms with Gasteiger partial charge in [0.15, 0.2) is 5.13 Å². The van der Waals surface area contributed by atoms with E-state index in [9.17, 15) is 8.42 Å². The highest BCUT2D eigenvalue weighted by Crippen LogP contribution is 2.26. The minimum Gasteiger partial charge on any atom is -0.246 e. The minimum absolute atomic E-state index is 0.380. The third kappa shape index (κ3) is 4.16. The third-order valence-corrected chi connectivity index (χ3v) is 5.73. The zero-order chi connectivity index (χ0) is 15.6. The number of anilines is 1. The van der Waals surface area contributed by atoms with E-state index in [4.69, 9.17) is 11.6 Å². The van der Waals surface area contributed by atoms with Gasteiger partial charge in [0.1, 0.15) is 0 Å². The van der Waals surface area contributed by atoms with Crippen LogP contribution in [0.3, 0.4) is 0 Å². The first-order chi connectivity index (χ1) is 9.78. The highest BCUT2D eigenvalue weighted by Gasteiger charge is 2.17. The van der Waals surface area contributed by atoms with Crippen LogP contribution >= 0.6 is 22.9 Å². The summed E-state index contributed by atoms with van der Waals surface area (Å²) in [5.41, 5.74) is 1.93. The average Bonchev–Trinajstić information content (AvgIpc) is 2.71. The van der Waals surface area contributed by atoms with Crippen molar-refractivity contribution in [1.29, 1.82) is 0 Å². The van der Waals surface area contributed by atoms with Gasteiger partial charge >= 0.3 is 10.2 Å². The van der Waals surface area contributed by atoms with E-state index in [0.29, 0.717) is 16.6 Å². The monoisotopic (exact) mass is 345 g/mol. The Morgan fingerprint density at radius 2 is 1.90 bits per heavy atom. The first kappa shape index (κ1) is 16.2. The molecule has 1 N–H and O–H groups in total. The van der Waals surface area contributed by atoms with Crippen molar-refractivity contribution in [3.05, 3.63) is 45.4 Å². The van der Waals surface area contributed by atoms with Gasteiger partial charge in [0.25, 0.3) is 0 Å². The molecule has 0 atom stereocenters. The molecule has 2 rings (SSSR count). The van der Waals surface area contributed by atoms with Crippen LogP contribution in [0.15, 0.2) is 24.3 Å². The summed E-state index contributed by atoms with van der Waals surface area (Å²) >= 11 is 7.20. The third-order valence-electron chi connectivity index (χ3n) is 2.87. The fourth-order valence-electron chi connectivity index (χ4n) is 1.62. The fraction of sp³-hybridized carbons (Fsp3) is 0.308. The molecule has 0 unspecified atom stereocenters. The van der Waals surface area contributed by atoms with Gasteiger partial charge in [0, 0.05) is 30.4 Å². The smallest absolute Gasteiger partial charge is 0.246 e. The zero-order valence-corrected chi connectivity index (χ0v) is 14.3. The van der Waals surface area contributed by atoms with Crippen LogP contribution in [0.25, 0.3) is 0 Å². The first-order valence-corrected chi connectivity index (χ1v) is 8.82. The van der Waals surface area contributed by atoms with Gasteiger partial charge in [-0.05, 0) is 24.6 Å². The number of aryl methyl sites for hydroxylation is 1. The van der Waals surface area contributed by atoms with E-state index in [1.165, 1.54) is 25.4 Å². The predicted octanol–water partition coefficient (Wildman–Crippen LogP) is 2.91. The number of benzene rings is 1. The van der Waals surface area contributed by atoms with E-state index in [1.807, 2.05) is 31.2 Å². The Hall–Kier alpha value is -1.15. The molecule has 0 aliphatic carbocycles. The second-order valence-electron chi connectivity index (χ2n) is 4.72. The van der Waals surface area contributed by atoms with Crippen molar-refractivity contribution in [2.45, 2.75) is 13.3 Å². The summed E-state index contributed by atoms with van der Waals surface area (Å²) in [6.07, 6.45) is 0.699. The summed E-state index contributed by atoms with van der Waals surface area (Å²) in [6.45, 7) is 1.87. The molecule has 0 saturated heterocycles. The lowest BCUT2D eigenvalue weighted by Gasteiger charge is -2.10. The predicted molar refractivity (Wildman–Crippen MR) is 87.3 cm³/mol. The number of hydrogen-bond acceptors (Lipinski definition) is 4. The maximum Gasteiger partial charge on any atom is 0.302 e. The van der Waals surface area contributed by atoms with Crippen molar-refractivity contribution in [3.63, 3.8) is 0 Å². The van der Waals surface area contributed by atoms with E-state index in [0.717, 1.165) is 20.4 Å². The lowest BCUT2D eigenvalue weighted by Crippen LogP contribution is -2.28. The van der Waals surface area contributed by atoms with Crippen LogP contribution in [0.2, 0.25) is 5.02 Å². The van der Waals surface area contributed by atoms with Crippen LogP contribution in [0.4, 0.5) is 5.13 Å². The molecule has 1 aromatic heterocycles. The van der Waals surface area contributed by atoms with Crippen LogP contribution in [-0.4, -0.2) is 31.8 Å². The van der Waals surface area contributed by atoms with Gasteiger partial charge in [-0.2, -0.15) is 12.7 Å². The molecule has 21 heavy (non-hydrogen) atoms. The maximum absolute atomic E-state index is 11.8. The summed E-state index contributed by atoms with van der Waals surface area (Å²) < 4.78 is 27.1. The Balaban J connectivity index is 2.18. The molecule has 0 aliphatic rings. The highest BCUT2D eigenvalue weighted by molar-refractivity contribution is 7.90. The van der Waals surface area contributed by atoms with E-state index in [2.05, 4.69) is 9.71 Å². The first-order valence-electron chi connectivity index (χ1n) is 6.19. The van der Waals surface area contributed by atoms with Crippen molar-refractivity contribution >= 4 is 38.3 Å². The highest BCUT2D eigenvalue weighted by atomic mass is 35.5. The zero-order valence-electron chi connectivity index (χ0n) is 11.9. The molecule has 1 aromatic carbocycles. The lowest BCUT2D eigenvalue weighted by molar-refractivity contribution is 0.527. The Bertz CT molecular complexity index is 724. The van der Waals surface area contributed by atoms with E-state index >= 15 is 0 Å². The van der Waals surface area contributed by atoms with E-state index < -0.39 is 10.2 Å². The average molecular weight is 346 g/mol. The van der Waals surface area contributed by atoms with Gasteiger partial charge in [-0.15, -0.1) is 11.3 Å². The molecule has 8 heteroatoms. The van der Waals surface area contributed by atoms with Gasteiger partial charge in [-0.3, -0.25) is 0 Å². The van der Waals surface area contributed by atoms with Crippen molar-refractivity contribution in [1.82, 2.24) is 9.29 Å². The van der Waals surface area contributed by atoms with E-state index in [1.54, 1.807) is 0 Å². The SMILES string of the molecule is Cc1nc(NS(=O)(=O)N(C)C)sc1Cc1ccc(Cl)cc1. The number of nitrogens with one attached hydrogen (secondary N) is 1. The number of nitrogens with zero attached hydrogens (tertiary/aromatic N) is 2. The van der Waals surface area contributed by atoms with Crippen molar-refractivity contribution in [2.24, 2.45) is 0 Å². The molecule has 1 heterocycles. The Kier molecular flexibility index (Phi) is 4.88. The topological polar surface area (TPSA) is 62.3 Å². The molecule has 0 amide bonds. The summed E-state index contributed by atoms with van der Waals surface area (Å²) in [4.78, 5) is 5.29. The number of halogens is 1. The maximum atomic E-state index is 11.8. The van der Waals surface area contributed by atoms with Crippen LogP contribution in [0, 0.1) is 6.92 Å². The Morgan fingerprint density at radius 1 is 1.29 bits per heavy atom. The molecule has 0 saturated carbocycles. The quantitative estimate of drug-likeness (QED) is 0.906. The number of rotatable bonds is 5. The van der Waals surface area contributed by atoms with Crippen molar-refractivity contribution in [2.75, 3.05) is 18.8 Å². The van der Waals surface area contributed by atoms with Crippen LogP contribution in [-0.2, 0) is 16.6 Å². The molecular weight excluding hydrogens is 330 g/mol. The number of aromatic nitrogens is 1. The van der Waals surface area contributed by atoms with Gasteiger partial charge in [0.2, 0.25) is 0 Å². The Labute approximate surface area is 133 Å². The van der Waals surface area contributed by atoms with E-state index in [-0.39, 0.29) is 0 Å². The molecule has 2 aromatic rings. The standard InChI is InChI=1S/C13H16ClN3O2S2/c1-9-12(8-10-4-6-11(14)7-5-10)20-13(15-9)16-21(18,19)17(2)3/h4-7H,8H2,1-3H3,(H,15,16). The van der Waals surface area contributed by atoms with Crippen LogP contribution in [0.5, 0.6) is 0 Å². The van der Waals surface area contributed by atoms with Gasteiger partial charge in [-0.25, -0.2) is 9.71 Å². The normalized spacial score (nSPS) is 11.9. The Morgan fingerprint density at radius 3 is 2.48 bits per heavy atom. The largest absolute Gasteiger partial charge is 0.302 e. The minimum atomic E-state index is -3.52. The molecule has 0 radical (unpaired) electrons. The number of hydrogen-bond donors (Lipinski definition) is 1. The van der Waals surface area contributed by atoms with Gasteiger partial charge in [-0.1, -0.05) is 23.7 Å². The molecule has 0 aliphatic heterocycles. The molecule has 0 spiro atoms. The molecule has 114 valence electrons. The lowest BCUT2D eigenvalue weighted by atomic mass is 10.1. The molecule has 0 bridgehead atoms. The molecule has 0 fully saturated rings. The van der Waals surface area contributed by atoms with Crippen molar-refractivity contribution < 1.29 is 8.42 Å². The summed E-state index contributed by atoms with van der Waals surface area (Å²) in [6, 6.07) is 7.57. The summed E-state index contributed by atoms with van der Waals surface area (Å²) in [5, 5.41) is 1.07. The summed E-state index contributed by atoms with van der Waals surface area (Å²) in [7, 11) is -0.580.